The molecule has 2 heterocycles. The predicted octanol–water partition coefficient (Wildman–Crippen LogP) is 0.650. The van der Waals surface area contributed by atoms with E-state index in [1.807, 2.05) is 25.6 Å². The lowest BCUT2D eigenvalue weighted by Gasteiger charge is -2.16. The fraction of sp³-hybridized carbons (Fsp3) is 0.864. The van der Waals surface area contributed by atoms with Crippen LogP contribution < -0.4 is 21.3 Å². The molecule has 190 valence electrons. The van der Waals surface area contributed by atoms with Gasteiger partial charge < -0.3 is 35.5 Å². The second-order valence-electron chi connectivity index (χ2n) is 8.50. The highest BCUT2D eigenvalue weighted by atomic mass is 32.2. The minimum Gasteiger partial charge on any atom is -0.377 e. The Labute approximate surface area is 201 Å². The monoisotopic (exact) mass is 488 g/mol. The van der Waals surface area contributed by atoms with Crippen LogP contribution in [0.2, 0.25) is 0 Å². The van der Waals surface area contributed by atoms with Crippen molar-refractivity contribution in [2.45, 2.75) is 56.9 Å². The summed E-state index contributed by atoms with van der Waals surface area (Å²) in [5.74, 6) is 1.02. The van der Waals surface area contributed by atoms with Crippen molar-refractivity contribution in [2.24, 2.45) is 5.92 Å². The maximum atomic E-state index is 11.9. The Morgan fingerprint density at radius 2 is 1.61 bits per heavy atom. The number of hydrogen-bond donors (Lipinski definition) is 4. The van der Waals surface area contributed by atoms with Crippen LogP contribution in [0.1, 0.15) is 39.5 Å². The van der Waals surface area contributed by atoms with Crippen molar-refractivity contribution in [3.8, 4) is 0 Å². The van der Waals surface area contributed by atoms with E-state index < -0.39 is 0 Å². The molecule has 33 heavy (non-hydrogen) atoms. The highest BCUT2D eigenvalue weighted by molar-refractivity contribution is 8.00. The number of fused-ring (bicyclic) bond motifs is 1. The maximum absolute atomic E-state index is 11.9. The molecule has 2 aliphatic rings. The first-order chi connectivity index (χ1) is 16.0. The Hall–Kier alpha value is -1.56. The third-order valence-corrected chi connectivity index (χ3v) is 6.97. The standard InChI is InChI=1S/C22H40N4O6S/c1-16(2)21(28)24-8-10-31-12-14-32-13-11-30-9-7-23-19(27)6-4-3-5-18-20-17(15-33-18)25-22(29)26-20/h16-18,20H,3-15H2,1-2H3,(H,23,27)(H,24,28)(H2,25,26,29). The van der Waals surface area contributed by atoms with Crippen LogP contribution in [-0.4, -0.2) is 93.7 Å². The van der Waals surface area contributed by atoms with Crippen molar-refractivity contribution in [1.82, 2.24) is 21.3 Å². The van der Waals surface area contributed by atoms with Crippen LogP contribution in [-0.2, 0) is 23.8 Å². The van der Waals surface area contributed by atoms with Crippen molar-refractivity contribution < 1.29 is 28.6 Å². The van der Waals surface area contributed by atoms with Gasteiger partial charge in [0.2, 0.25) is 11.8 Å². The number of carbonyl (C=O) groups is 3. The van der Waals surface area contributed by atoms with E-state index in [-0.39, 0.29) is 35.8 Å². The molecular weight excluding hydrogens is 448 g/mol. The lowest BCUT2D eigenvalue weighted by atomic mass is 10.0. The number of rotatable bonds is 18. The molecule has 10 nitrogen and oxygen atoms in total. The van der Waals surface area contributed by atoms with Gasteiger partial charge in [-0.05, 0) is 12.8 Å². The summed E-state index contributed by atoms with van der Waals surface area (Å²) in [5, 5.41) is 12.0. The molecule has 2 rings (SSSR count). The van der Waals surface area contributed by atoms with Crippen LogP contribution in [0.4, 0.5) is 4.79 Å². The van der Waals surface area contributed by atoms with Crippen molar-refractivity contribution in [3.63, 3.8) is 0 Å². The van der Waals surface area contributed by atoms with Crippen LogP contribution >= 0.6 is 11.8 Å². The number of nitrogens with one attached hydrogen (secondary N) is 4. The van der Waals surface area contributed by atoms with Crippen LogP contribution in [0.25, 0.3) is 0 Å². The molecule has 4 N–H and O–H groups in total. The Morgan fingerprint density at radius 3 is 2.27 bits per heavy atom. The molecule has 0 aliphatic carbocycles. The molecule has 2 fully saturated rings. The van der Waals surface area contributed by atoms with E-state index in [2.05, 4.69) is 21.3 Å². The highest BCUT2D eigenvalue weighted by Crippen LogP contribution is 2.33. The summed E-state index contributed by atoms with van der Waals surface area (Å²) >= 11 is 1.90. The summed E-state index contributed by atoms with van der Waals surface area (Å²) in [6.45, 7) is 7.50. The van der Waals surface area contributed by atoms with Crippen molar-refractivity contribution in [1.29, 1.82) is 0 Å². The first kappa shape index (κ1) is 27.7. The first-order valence-corrected chi connectivity index (χ1v) is 13.0. The molecule has 4 amide bonds. The average molecular weight is 489 g/mol. The van der Waals surface area contributed by atoms with Gasteiger partial charge in [0, 0.05) is 36.4 Å². The van der Waals surface area contributed by atoms with Crippen LogP contribution in [0.3, 0.4) is 0 Å². The van der Waals surface area contributed by atoms with Gasteiger partial charge in [-0.3, -0.25) is 9.59 Å². The van der Waals surface area contributed by atoms with E-state index in [0.717, 1.165) is 25.0 Å². The Morgan fingerprint density at radius 1 is 0.970 bits per heavy atom. The molecule has 0 saturated carbocycles. The van der Waals surface area contributed by atoms with E-state index in [1.54, 1.807) is 0 Å². The van der Waals surface area contributed by atoms with Gasteiger partial charge in [0.25, 0.3) is 0 Å². The van der Waals surface area contributed by atoms with Gasteiger partial charge in [-0.25, -0.2) is 4.79 Å². The third-order valence-electron chi connectivity index (χ3n) is 5.46. The van der Waals surface area contributed by atoms with Gasteiger partial charge in [0.1, 0.15) is 0 Å². The predicted molar refractivity (Wildman–Crippen MR) is 127 cm³/mol. The molecule has 0 aromatic rings. The molecule has 0 spiro atoms. The van der Waals surface area contributed by atoms with E-state index in [0.29, 0.717) is 64.4 Å². The maximum Gasteiger partial charge on any atom is 0.315 e. The summed E-state index contributed by atoms with van der Waals surface area (Å²) in [6, 6.07) is 0.427. The van der Waals surface area contributed by atoms with Gasteiger partial charge in [0.15, 0.2) is 0 Å². The van der Waals surface area contributed by atoms with Crippen LogP contribution in [0, 0.1) is 5.92 Å². The lowest BCUT2D eigenvalue weighted by molar-refractivity contribution is -0.124. The lowest BCUT2D eigenvalue weighted by Crippen LogP contribution is -2.36. The van der Waals surface area contributed by atoms with Crippen LogP contribution in [0.15, 0.2) is 0 Å². The molecule has 3 unspecified atom stereocenters. The van der Waals surface area contributed by atoms with Gasteiger partial charge in [-0.15, -0.1) is 0 Å². The fourth-order valence-corrected chi connectivity index (χ4v) is 5.16. The number of thioether (sulfide) groups is 1. The van der Waals surface area contributed by atoms with Gasteiger partial charge in [-0.1, -0.05) is 20.3 Å². The van der Waals surface area contributed by atoms with Gasteiger partial charge >= 0.3 is 6.03 Å². The zero-order valence-electron chi connectivity index (χ0n) is 19.9. The number of carbonyl (C=O) groups excluding carboxylic acids is 3. The van der Waals surface area contributed by atoms with E-state index in [1.165, 1.54) is 0 Å². The molecule has 2 saturated heterocycles. The molecule has 0 bridgehead atoms. The summed E-state index contributed by atoms with van der Waals surface area (Å²) in [6.07, 6.45) is 3.36. The molecule has 0 aromatic carbocycles. The Bertz CT molecular complexity index is 609. The summed E-state index contributed by atoms with van der Waals surface area (Å²) < 4.78 is 16.2. The van der Waals surface area contributed by atoms with Crippen molar-refractivity contribution >= 4 is 29.6 Å². The molecular formula is C22H40N4O6S. The smallest absolute Gasteiger partial charge is 0.315 e. The molecule has 2 aliphatic heterocycles. The Kier molecular flexibility index (Phi) is 13.5. The normalized spacial score (nSPS) is 21.5. The number of urea groups is 1. The second kappa shape index (κ2) is 16.1. The summed E-state index contributed by atoms with van der Waals surface area (Å²) in [4.78, 5) is 34.7. The zero-order chi connectivity index (χ0) is 23.9. The van der Waals surface area contributed by atoms with Gasteiger partial charge in [0.05, 0.1) is 51.7 Å². The molecule has 3 atom stereocenters. The highest BCUT2D eigenvalue weighted by Gasteiger charge is 2.42. The number of unbranched alkanes of at least 4 members (excludes halogenated alkanes) is 1. The third kappa shape index (κ3) is 11.4. The second-order valence-corrected chi connectivity index (χ2v) is 9.77. The van der Waals surface area contributed by atoms with Crippen LogP contribution in [0.5, 0.6) is 0 Å². The number of hydrogen-bond acceptors (Lipinski definition) is 7. The number of ether oxygens (including phenoxy) is 3. The zero-order valence-corrected chi connectivity index (χ0v) is 20.7. The first-order valence-electron chi connectivity index (χ1n) is 11.9. The van der Waals surface area contributed by atoms with E-state index in [4.69, 9.17) is 14.2 Å². The fourth-order valence-electron chi connectivity index (χ4n) is 3.62. The van der Waals surface area contributed by atoms with E-state index in [9.17, 15) is 14.4 Å². The van der Waals surface area contributed by atoms with E-state index >= 15 is 0 Å². The Balaban J connectivity index is 1.30. The summed E-state index contributed by atoms with van der Waals surface area (Å²) in [7, 11) is 0. The molecule has 11 heteroatoms. The SMILES string of the molecule is CC(C)C(=O)NCCOCCOCCOCCNC(=O)CCCCC1SCC2NC(=O)NC21. The molecule has 0 aromatic heterocycles. The minimum atomic E-state index is -0.0576. The molecule has 0 radical (unpaired) electrons. The van der Waals surface area contributed by atoms with Crippen molar-refractivity contribution in [3.05, 3.63) is 0 Å². The number of amides is 4. The summed E-state index contributed by atoms with van der Waals surface area (Å²) in [5.41, 5.74) is 0. The minimum absolute atomic E-state index is 0.0158. The van der Waals surface area contributed by atoms with Crippen molar-refractivity contribution in [2.75, 3.05) is 58.5 Å². The quantitative estimate of drug-likeness (QED) is 0.165. The largest absolute Gasteiger partial charge is 0.377 e. The van der Waals surface area contributed by atoms with Gasteiger partial charge in [-0.2, -0.15) is 11.8 Å². The average Bonchev–Trinajstić information content (AvgIpc) is 3.33. The topological polar surface area (TPSA) is 127 Å².